The van der Waals surface area contributed by atoms with Crippen molar-refractivity contribution in [3.8, 4) is 66.8 Å². The minimum atomic E-state index is -0.121. The van der Waals surface area contributed by atoms with E-state index in [1.165, 1.54) is 133 Å². The molecule has 0 aliphatic heterocycles. The molecule has 0 spiro atoms. The number of para-hydroxylation sites is 5. The summed E-state index contributed by atoms with van der Waals surface area (Å²) < 4.78 is 28.1. The number of anilines is 6. The third-order valence-corrected chi connectivity index (χ3v) is 29.9. The van der Waals surface area contributed by atoms with Crippen LogP contribution in [0.15, 0.2) is 389 Å². The summed E-state index contributed by atoms with van der Waals surface area (Å²) in [6.45, 7) is 9.38. The summed E-state index contributed by atoms with van der Waals surface area (Å²) in [7, 11) is 0. The summed E-state index contributed by atoms with van der Waals surface area (Å²) in [4.78, 5) is 4.79. The molecule has 6 aromatic heterocycles. The number of thiophene rings is 3. The van der Waals surface area contributed by atoms with Crippen molar-refractivity contribution in [1.82, 2.24) is 0 Å². The molecule has 0 saturated carbocycles. The topological polar surface area (TPSA) is 45.9 Å². The normalized spacial score (nSPS) is 13.2. The van der Waals surface area contributed by atoms with Crippen LogP contribution >= 0.6 is 34.0 Å². The summed E-state index contributed by atoms with van der Waals surface area (Å²) in [6.07, 6.45) is 0. The van der Waals surface area contributed by atoms with Crippen LogP contribution < -0.4 is 9.80 Å². The lowest BCUT2D eigenvalue weighted by atomic mass is 9.82. The largest absolute Gasteiger partial charge is 0.455 e. The number of furan rings is 3. The van der Waals surface area contributed by atoms with Crippen LogP contribution in [0.2, 0.25) is 0 Å². The minimum Gasteiger partial charge on any atom is -0.455 e. The number of benzene rings is 18. The molecule has 0 unspecified atom stereocenters. The first kappa shape index (κ1) is 70.6. The molecule has 2 aliphatic rings. The minimum absolute atomic E-state index is 0.0541. The van der Waals surface area contributed by atoms with E-state index in [0.29, 0.717) is 0 Å². The van der Waals surface area contributed by atoms with Crippen molar-refractivity contribution < 1.29 is 13.3 Å². The van der Waals surface area contributed by atoms with Gasteiger partial charge in [-0.05, 0) is 152 Å². The summed E-state index contributed by atoms with van der Waals surface area (Å²) in [5.74, 6) is 0. The smallest absolute Gasteiger partial charge is 0.159 e. The van der Waals surface area contributed by atoms with E-state index in [2.05, 4.69) is 395 Å². The SMILES string of the molecule is CC1(C)c2ccccc2-c2c1ccc1c2oc2c(N(c3ccc(-c4cccc5c4oc4ccccc45)cc3)c3ccc(-c4cccc5c4sc4ccccc45)cc3)cccc21.CC1(C)c2ccccc2-c2c1ccc1c2sc2c(N(c3ccc(-c4cccc5c4oc4ccccc45)cc3)c3ccc(-c4cccc5c4sc4ccccc45)cc3)cccc21. The molecular weight excluding hydrogens is 1540 g/mol. The van der Waals surface area contributed by atoms with Crippen molar-refractivity contribution in [2.45, 2.75) is 38.5 Å². The van der Waals surface area contributed by atoms with Gasteiger partial charge in [0.25, 0.3) is 0 Å². The fourth-order valence-corrected chi connectivity index (χ4v) is 24.2. The van der Waals surface area contributed by atoms with Crippen molar-refractivity contribution >= 4 is 194 Å². The van der Waals surface area contributed by atoms with Crippen LogP contribution in [0.5, 0.6) is 0 Å². The number of hydrogen-bond acceptors (Lipinski definition) is 8. The lowest BCUT2D eigenvalue weighted by molar-refractivity contribution is 0.653. The molecule has 24 aromatic rings. The molecule has 0 amide bonds. The van der Waals surface area contributed by atoms with Crippen LogP contribution in [0.4, 0.5) is 34.1 Å². The maximum absolute atomic E-state index is 7.19. The zero-order valence-electron chi connectivity index (χ0n) is 67.1. The standard InChI is InChI=1S/C57H37NO2S.C57H37NOS2/c1-57(2)47-20-6-3-14-46(47)52-48(57)33-32-44-43-18-11-21-49(54(43)60-55(44)52)58(36-28-24-34(25-29-36)38-15-9-17-42-40-12-4-7-22-50(40)59-53(38)42)37-30-26-35(27-31-37)39-16-10-19-45-41-13-5-8-23-51(41)61-56(39)45;1-57(2)47-20-6-3-14-46(47)52-48(57)33-32-45-44-19-11-21-49(55(44)61-56(45)52)58(36-28-24-34(25-29-36)38-15-9-17-42-40-12-4-7-22-50(40)59-53(38)42)37-30-26-35(27-31-37)39-16-10-18-43-41-13-5-8-23-51(41)60-54(39)43/h2*3-33H,1-2H3. The number of nitrogens with zero attached hydrogens (tertiary/aromatic N) is 2. The van der Waals surface area contributed by atoms with Gasteiger partial charge in [-0.15, -0.1) is 34.0 Å². The molecule has 0 saturated heterocycles. The van der Waals surface area contributed by atoms with E-state index >= 15 is 0 Å². The van der Waals surface area contributed by atoms with Crippen LogP contribution in [-0.4, -0.2) is 0 Å². The Balaban J connectivity index is 0.000000134. The highest BCUT2D eigenvalue weighted by Crippen LogP contribution is 2.58. The summed E-state index contributed by atoms with van der Waals surface area (Å²) >= 11 is 5.68. The van der Waals surface area contributed by atoms with Crippen molar-refractivity contribution in [1.29, 1.82) is 0 Å². The first-order valence-electron chi connectivity index (χ1n) is 41.8. The molecule has 0 bridgehead atoms. The lowest BCUT2D eigenvalue weighted by Crippen LogP contribution is -2.14. The molecule has 18 aromatic carbocycles. The number of fused-ring (bicyclic) bond motifs is 26. The highest BCUT2D eigenvalue weighted by Gasteiger charge is 2.40. The summed E-state index contributed by atoms with van der Waals surface area (Å²) in [6, 6.07) is 137. The average Bonchev–Trinajstić information content (AvgIpc) is 1.55. The van der Waals surface area contributed by atoms with Gasteiger partial charge in [-0.1, -0.05) is 319 Å². The van der Waals surface area contributed by atoms with Gasteiger partial charge in [0.15, 0.2) is 5.58 Å². The Morgan fingerprint density at radius 3 is 1.04 bits per heavy atom. The van der Waals surface area contributed by atoms with Crippen LogP contribution in [0.25, 0.3) is 193 Å². The Morgan fingerprint density at radius 1 is 0.205 bits per heavy atom. The first-order chi connectivity index (χ1) is 60.0. The molecule has 5 nitrogen and oxygen atoms in total. The van der Waals surface area contributed by atoms with Gasteiger partial charge in [-0.2, -0.15) is 0 Å². The maximum Gasteiger partial charge on any atom is 0.159 e. The average molecular weight is 1620 g/mol. The summed E-state index contributed by atoms with van der Waals surface area (Å²) in [5, 5.41) is 14.6. The van der Waals surface area contributed by atoms with Gasteiger partial charge in [-0.25, -0.2) is 0 Å². The predicted molar refractivity (Wildman–Crippen MR) is 520 cm³/mol. The Morgan fingerprint density at radius 2 is 0.541 bits per heavy atom. The molecule has 26 rings (SSSR count). The maximum atomic E-state index is 7.19. The predicted octanol–water partition coefficient (Wildman–Crippen LogP) is 34.4. The summed E-state index contributed by atoms with van der Waals surface area (Å²) in [5.41, 5.74) is 31.7. The van der Waals surface area contributed by atoms with Crippen molar-refractivity contribution in [2.24, 2.45) is 0 Å². The molecule has 576 valence electrons. The fourth-order valence-electron chi connectivity index (χ4n) is 20.3. The molecule has 8 heteroatoms. The van der Waals surface area contributed by atoms with Gasteiger partial charge < -0.3 is 23.1 Å². The Hall–Kier alpha value is -14.4. The van der Waals surface area contributed by atoms with Gasteiger partial charge in [0.05, 0.1) is 16.1 Å². The molecular formula is C114H74N2O3S3. The number of rotatable bonds is 10. The Bertz CT molecular complexity index is 7650. The molecule has 0 fully saturated rings. The Labute approximate surface area is 715 Å². The van der Waals surface area contributed by atoms with Gasteiger partial charge in [0.2, 0.25) is 0 Å². The van der Waals surface area contributed by atoms with Crippen LogP contribution in [0.3, 0.4) is 0 Å². The van der Waals surface area contributed by atoms with Crippen LogP contribution in [0, 0.1) is 0 Å². The van der Waals surface area contributed by atoms with E-state index in [4.69, 9.17) is 13.3 Å². The van der Waals surface area contributed by atoms with E-state index in [0.717, 1.165) is 117 Å². The van der Waals surface area contributed by atoms with Crippen molar-refractivity contribution in [2.75, 3.05) is 9.80 Å². The zero-order valence-corrected chi connectivity index (χ0v) is 69.6. The molecule has 0 atom stereocenters. The van der Waals surface area contributed by atoms with Crippen molar-refractivity contribution in [3.05, 3.63) is 398 Å². The number of hydrogen-bond donors (Lipinski definition) is 0. The third-order valence-electron chi connectivity index (χ3n) is 26.2. The quantitative estimate of drug-likeness (QED) is 0.137. The molecule has 0 radical (unpaired) electrons. The highest BCUT2D eigenvalue weighted by molar-refractivity contribution is 7.27. The Kier molecular flexibility index (Phi) is 15.7. The third kappa shape index (κ3) is 10.6. The molecule has 6 heterocycles. The van der Waals surface area contributed by atoms with Gasteiger partial charge in [0.1, 0.15) is 27.9 Å². The second-order valence-electron chi connectivity index (χ2n) is 33.6. The van der Waals surface area contributed by atoms with Gasteiger partial charge >= 0.3 is 0 Å². The van der Waals surface area contributed by atoms with Crippen molar-refractivity contribution in [3.63, 3.8) is 0 Å². The van der Waals surface area contributed by atoms with Crippen LogP contribution in [-0.2, 0) is 10.8 Å². The van der Waals surface area contributed by atoms with E-state index in [1.807, 2.05) is 52.2 Å². The second kappa shape index (κ2) is 27.1. The van der Waals surface area contributed by atoms with E-state index in [9.17, 15) is 0 Å². The highest BCUT2D eigenvalue weighted by atomic mass is 32.1. The zero-order chi connectivity index (χ0) is 80.8. The monoisotopic (exact) mass is 1610 g/mol. The van der Waals surface area contributed by atoms with Gasteiger partial charge in [0, 0.05) is 144 Å². The van der Waals surface area contributed by atoms with Gasteiger partial charge in [-0.3, -0.25) is 0 Å². The van der Waals surface area contributed by atoms with Crippen LogP contribution in [0.1, 0.15) is 49.9 Å². The second-order valence-corrected chi connectivity index (χ2v) is 36.7. The molecule has 0 N–H and O–H groups in total. The fraction of sp³-hybridized carbons (Fsp3) is 0.0526. The molecule has 2 aliphatic carbocycles. The van der Waals surface area contributed by atoms with E-state index < -0.39 is 0 Å². The van der Waals surface area contributed by atoms with E-state index in [1.54, 1.807) is 0 Å². The lowest BCUT2D eigenvalue weighted by Gasteiger charge is -2.26. The molecule has 122 heavy (non-hydrogen) atoms. The first-order valence-corrected chi connectivity index (χ1v) is 44.3. The van der Waals surface area contributed by atoms with E-state index in [-0.39, 0.29) is 10.8 Å².